The van der Waals surface area contributed by atoms with Gasteiger partial charge in [0, 0.05) is 24.3 Å². The molecule has 0 fully saturated rings. The Morgan fingerprint density at radius 3 is 2.12 bits per heavy atom. The van der Waals surface area contributed by atoms with Crippen molar-refractivity contribution in [3.05, 3.63) is 95.6 Å². The second-order valence-electron chi connectivity index (χ2n) is 6.45. The van der Waals surface area contributed by atoms with Crippen LogP contribution in [-0.2, 0) is 17.8 Å². The molecule has 26 heavy (non-hydrogen) atoms. The predicted molar refractivity (Wildman–Crippen MR) is 108 cm³/mol. The Morgan fingerprint density at radius 1 is 0.769 bits per heavy atom. The van der Waals surface area contributed by atoms with Crippen LogP contribution in [0.3, 0.4) is 0 Å². The van der Waals surface area contributed by atoms with Gasteiger partial charge >= 0.3 is 0 Å². The number of anilines is 2. The highest BCUT2D eigenvalue weighted by Crippen LogP contribution is 2.15. The number of rotatable bonds is 7. The molecule has 0 radical (unpaired) electrons. The Balaban J connectivity index is 1.46. The fraction of sp³-hybridized carbons (Fsp3) is 0.174. The average Bonchev–Trinajstić information content (AvgIpc) is 2.68. The fourth-order valence-electron chi connectivity index (χ4n) is 2.71. The SMILES string of the molecule is Cc1ccc(CNc2ccc(NC(=O)CCc3ccccc3)cc2)cc1. The first-order valence-electron chi connectivity index (χ1n) is 8.92. The fourth-order valence-corrected chi connectivity index (χ4v) is 2.71. The van der Waals surface area contributed by atoms with Gasteiger partial charge in [-0.2, -0.15) is 0 Å². The molecule has 0 aliphatic rings. The molecule has 1 amide bonds. The van der Waals surface area contributed by atoms with Gasteiger partial charge in [0.15, 0.2) is 0 Å². The van der Waals surface area contributed by atoms with Crippen molar-refractivity contribution in [3.63, 3.8) is 0 Å². The lowest BCUT2D eigenvalue weighted by Gasteiger charge is -2.09. The molecule has 3 heteroatoms. The van der Waals surface area contributed by atoms with Gasteiger partial charge in [-0.05, 0) is 48.7 Å². The van der Waals surface area contributed by atoms with Crippen molar-refractivity contribution in [2.24, 2.45) is 0 Å². The maximum atomic E-state index is 12.1. The molecule has 0 atom stereocenters. The van der Waals surface area contributed by atoms with E-state index in [4.69, 9.17) is 0 Å². The summed E-state index contributed by atoms with van der Waals surface area (Å²) in [5.41, 5.74) is 5.55. The minimum atomic E-state index is 0.0363. The highest BCUT2D eigenvalue weighted by molar-refractivity contribution is 5.91. The predicted octanol–water partition coefficient (Wildman–Crippen LogP) is 5.18. The van der Waals surface area contributed by atoms with Crippen LogP contribution in [0.2, 0.25) is 0 Å². The van der Waals surface area contributed by atoms with Gasteiger partial charge in [0.2, 0.25) is 5.91 Å². The van der Waals surface area contributed by atoms with Gasteiger partial charge in [-0.3, -0.25) is 4.79 Å². The molecule has 0 aliphatic carbocycles. The van der Waals surface area contributed by atoms with E-state index in [9.17, 15) is 4.79 Å². The van der Waals surface area contributed by atoms with E-state index in [1.807, 2.05) is 54.6 Å². The third-order valence-electron chi connectivity index (χ3n) is 4.27. The van der Waals surface area contributed by atoms with Gasteiger partial charge in [0.25, 0.3) is 0 Å². The lowest BCUT2D eigenvalue weighted by molar-refractivity contribution is -0.116. The maximum Gasteiger partial charge on any atom is 0.224 e. The number of benzene rings is 3. The molecule has 0 aromatic heterocycles. The maximum absolute atomic E-state index is 12.1. The van der Waals surface area contributed by atoms with Gasteiger partial charge in [-0.15, -0.1) is 0 Å². The van der Waals surface area contributed by atoms with E-state index in [0.29, 0.717) is 6.42 Å². The van der Waals surface area contributed by atoms with Gasteiger partial charge in [-0.1, -0.05) is 60.2 Å². The number of carbonyl (C=O) groups excluding carboxylic acids is 1. The van der Waals surface area contributed by atoms with Crippen LogP contribution in [0.5, 0.6) is 0 Å². The molecule has 3 aromatic carbocycles. The molecular formula is C23H24N2O. The Bertz CT molecular complexity index is 824. The van der Waals surface area contributed by atoms with Crippen molar-refractivity contribution < 1.29 is 4.79 Å². The summed E-state index contributed by atoms with van der Waals surface area (Å²) in [4.78, 5) is 12.1. The molecule has 0 heterocycles. The molecule has 3 aromatic rings. The van der Waals surface area contributed by atoms with Crippen molar-refractivity contribution in [1.82, 2.24) is 0 Å². The van der Waals surface area contributed by atoms with E-state index in [1.54, 1.807) is 0 Å². The lowest BCUT2D eigenvalue weighted by atomic mass is 10.1. The summed E-state index contributed by atoms with van der Waals surface area (Å²) in [5.74, 6) is 0.0363. The van der Waals surface area contributed by atoms with E-state index in [0.717, 1.165) is 24.3 Å². The van der Waals surface area contributed by atoms with Crippen LogP contribution in [-0.4, -0.2) is 5.91 Å². The average molecular weight is 344 g/mol. The number of nitrogens with one attached hydrogen (secondary N) is 2. The van der Waals surface area contributed by atoms with E-state index >= 15 is 0 Å². The Labute approximate surface area is 155 Å². The van der Waals surface area contributed by atoms with Gasteiger partial charge in [-0.25, -0.2) is 0 Å². The summed E-state index contributed by atoms with van der Waals surface area (Å²) in [6, 6.07) is 26.4. The normalized spacial score (nSPS) is 10.3. The Morgan fingerprint density at radius 2 is 1.42 bits per heavy atom. The van der Waals surface area contributed by atoms with Crippen LogP contribution in [0.15, 0.2) is 78.9 Å². The van der Waals surface area contributed by atoms with E-state index in [2.05, 4.69) is 41.8 Å². The molecule has 3 nitrogen and oxygen atoms in total. The van der Waals surface area contributed by atoms with Gasteiger partial charge < -0.3 is 10.6 Å². The summed E-state index contributed by atoms with van der Waals surface area (Å²) in [7, 11) is 0. The summed E-state index contributed by atoms with van der Waals surface area (Å²) in [5, 5.41) is 6.35. The van der Waals surface area contributed by atoms with Gasteiger partial charge in [0.05, 0.1) is 0 Å². The van der Waals surface area contributed by atoms with Crippen LogP contribution < -0.4 is 10.6 Å². The van der Waals surface area contributed by atoms with E-state index < -0.39 is 0 Å². The minimum absolute atomic E-state index is 0.0363. The second-order valence-corrected chi connectivity index (χ2v) is 6.45. The summed E-state index contributed by atoms with van der Waals surface area (Å²) >= 11 is 0. The van der Waals surface area contributed by atoms with E-state index in [-0.39, 0.29) is 5.91 Å². The Kier molecular flexibility index (Phi) is 6.05. The molecule has 2 N–H and O–H groups in total. The second kappa shape index (κ2) is 8.86. The standard InChI is InChI=1S/C23H24N2O/c1-18-7-9-20(10-8-18)17-24-21-12-14-22(15-13-21)25-23(26)16-11-19-5-3-2-4-6-19/h2-10,12-15,24H,11,16-17H2,1H3,(H,25,26). The van der Waals surface area contributed by atoms with Gasteiger partial charge in [0.1, 0.15) is 0 Å². The third kappa shape index (κ3) is 5.49. The molecule has 0 unspecified atom stereocenters. The molecule has 0 aliphatic heterocycles. The van der Waals surface area contributed by atoms with Crippen molar-refractivity contribution >= 4 is 17.3 Å². The molecule has 0 saturated carbocycles. The monoisotopic (exact) mass is 344 g/mol. The van der Waals surface area contributed by atoms with Crippen molar-refractivity contribution in [1.29, 1.82) is 0 Å². The zero-order valence-electron chi connectivity index (χ0n) is 15.0. The van der Waals surface area contributed by atoms with Crippen LogP contribution in [0.25, 0.3) is 0 Å². The topological polar surface area (TPSA) is 41.1 Å². The molecule has 0 bridgehead atoms. The first-order chi connectivity index (χ1) is 12.7. The van der Waals surface area contributed by atoms with Crippen LogP contribution >= 0.6 is 0 Å². The lowest BCUT2D eigenvalue weighted by Crippen LogP contribution is -2.12. The van der Waals surface area contributed by atoms with Crippen molar-refractivity contribution in [2.75, 3.05) is 10.6 Å². The molecular weight excluding hydrogens is 320 g/mol. The minimum Gasteiger partial charge on any atom is -0.381 e. The number of carbonyl (C=O) groups is 1. The zero-order valence-corrected chi connectivity index (χ0v) is 15.0. The van der Waals surface area contributed by atoms with Crippen LogP contribution in [0.4, 0.5) is 11.4 Å². The first kappa shape index (κ1) is 17.7. The smallest absolute Gasteiger partial charge is 0.224 e. The quantitative estimate of drug-likeness (QED) is 0.620. The number of amides is 1. The Hall–Kier alpha value is -3.07. The van der Waals surface area contributed by atoms with E-state index in [1.165, 1.54) is 16.7 Å². The molecule has 132 valence electrons. The largest absolute Gasteiger partial charge is 0.381 e. The zero-order chi connectivity index (χ0) is 18.2. The summed E-state index contributed by atoms with van der Waals surface area (Å²) < 4.78 is 0. The summed E-state index contributed by atoms with van der Waals surface area (Å²) in [6.45, 7) is 2.87. The molecule has 0 spiro atoms. The number of aryl methyl sites for hydroxylation is 2. The highest BCUT2D eigenvalue weighted by atomic mass is 16.1. The highest BCUT2D eigenvalue weighted by Gasteiger charge is 2.03. The molecule has 3 rings (SSSR count). The third-order valence-corrected chi connectivity index (χ3v) is 4.27. The number of hydrogen-bond donors (Lipinski definition) is 2. The molecule has 0 saturated heterocycles. The van der Waals surface area contributed by atoms with Crippen LogP contribution in [0.1, 0.15) is 23.1 Å². The van der Waals surface area contributed by atoms with Crippen molar-refractivity contribution in [3.8, 4) is 0 Å². The first-order valence-corrected chi connectivity index (χ1v) is 8.92. The number of hydrogen-bond acceptors (Lipinski definition) is 2. The van der Waals surface area contributed by atoms with Crippen molar-refractivity contribution in [2.45, 2.75) is 26.3 Å². The van der Waals surface area contributed by atoms with Crippen LogP contribution in [0, 0.1) is 6.92 Å². The summed E-state index contributed by atoms with van der Waals surface area (Å²) in [6.07, 6.45) is 1.24.